The molecule has 12 nitrogen and oxygen atoms in total. The molecule has 1 aliphatic heterocycles. The second-order valence-corrected chi connectivity index (χ2v) is 11.5. The van der Waals surface area contributed by atoms with Gasteiger partial charge in [-0.15, -0.1) is 5.92 Å². The van der Waals surface area contributed by atoms with Crippen LogP contribution in [0.25, 0.3) is 22.1 Å². The highest BCUT2D eigenvalue weighted by Gasteiger charge is 2.29. The number of hydrogen-bond acceptors (Lipinski definition) is 8. The number of hydrogen-bond donors (Lipinski definition) is 1. The molecule has 44 heavy (non-hydrogen) atoms. The molecule has 4 heterocycles. The molecule has 1 fully saturated rings. The van der Waals surface area contributed by atoms with Crippen LogP contribution in [0.3, 0.4) is 0 Å². The molecule has 5 rings (SSSR count). The molecule has 1 N–H and O–H groups in total. The molecule has 0 unspecified atom stereocenters. The monoisotopic (exact) mass is 602 g/mol. The van der Waals surface area contributed by atoms with Gasteiger partial charge in [-0.1, -0.05) is 38.0 Å². The van der Waals surface area contributed by atoms with Crippen molar-refractivity contribution in [2.24, 2.45) is 7.05 Å². The number of nitrogens with zero attached hydrogens (tertiary/aromatic N) is 7. The first-order chi connectivity index (χ1) is 21.0. The SMILES string of the molecule is CC.CC#CCn1c(N2CCC[C@@H](NC(=O)OC(C)(C)C)C2)nc2c1c(=O)n(Cc1nc(C)c3ccccc3n1)c(=O)n2C. The van der Waals surface area contributed by atoms with Gasteiger partial charge in [-0.25, -0.2) is 19.6 Å². The maximum Gasteiger partial charge on any atom is 0.407 e. The van der Waals surface area contributed by atoms with Crippen LogP contribution in [0.4, 0.5) is 10.7 Å². The summed E-state index contributed by atoms with van der Waals surface area (Å²) < 4.78 is 9.73. The Morgan fingerprint density at radius 1 is 1.11 bits per heavy atom. The number of anilines is 1. The van der Waals surface area contributed by atoms with Crippen LogP contribution < -0.4 is 21.5 Å². The molecule has 1 amide bonds. The number of imidazole rings is 1. The van der Waals surface area contributed by atoms with Gasteiger partial charge in [0.25, 0.3) is 5.56 Å². The lowest BCUT2D eigenvalue weighted by Crippen LogP contribution is -2.49. The van der Waals surface area contributed by atoms with Crippen LogP contribution in [0, 0.1) is 18.8 Å². The van der Waals surface area contributed by atoms with Crippen LogP contribution in [0.5, 0.6) is 0 Å². The van der Waals surface area contributed by atoms with E-state index < -0.39 is 22.9 Å². The van der Waals surface area contributed by atoms with Gasteiger partial charge in [0.1, 0.15) is 11.4 Å². The Kier molecular flexibility index (Phi) is 9.77. The molecule has 1 aliphatic rings. The molecule has 3 aromatic heterocycles. The third kappa shape index (κ3) is 6.77. The fraction of sp³-hybridized carbons (Fsp3) is 0.500. The van der Waals surface area contributed by atoms with Gasteiger partial charge in [0.15, 0.2) is 11.2 Å². The van der Waals surface area contributed by atoms with Gasteiger partial charge in [0.2, 0.25) is 5.95 Å². The van der Waals surface area contributed by atoms with E-state index in [1.807, 2.05) is 70.7 Å². The summed E-state index contributed by atoms with van der Waals surface area (Å²) in [7, 11) is 1.60. The van der Waals surface area contributed by atoms with Gasteiger partial charge in [0.05, 0.1) is 18.6 Å². The smallest absolute Gasteiger partial charge is 0.407 e. The highest BCUT2D eigenvalue weighted by molar-refractivity contribution is 5.80. The summed E-state index contributed by atoms with van der Waals surface area (Å²) in [5, 5.41) is 3.87. The number of rotatable bonds is 5. The molecular formula is C32H42N8O4. The van der Waals surface area contributed by atoms with Crippen LogP contribution in [-0.4, -0.2) is 59.5 Å². The van der Waals surface area contributed by atoms with Crippen LogP contribution in [-0.2, 0) is 24.9 Å². The summed E-state index contributed by atoms with van der Waals surface area (Å²) in [6.45, 7) is 14.3. The van der Waals surface area contributed by atoms with Gasteiger partial charge < -0.3 is 15.0 Å². The Morgan fingerprint density at radius 2 is 1.84 bits per heavy atom. The van der Waals surface area contributed by atoms with Crippen molar-refractivity contribution in [1.29, 1.82) is 0 Å². The summed E-state index contributed by atoms with van der Waals surface area (Å²) in [6, 6.07) is 7.45. The quantitative estimate of drug-likeness (QED) is 0.342. The van der Waals surface area contributed by atoms with Gasteiger partial charge in [-0.2, -0.15) is 4.98 Å². The number of para-hydroxylation sites is 1. The lowest BCUT2D eigenvalue weighted by Gasteiger charge is -2.34. The van der Waals surface area contributed by atoms with Crippen LogP contribution in [0.2, 0.25) is 0 Å². The average molecular weight is 603 g/mol. The van der Waals surface area contributed by atoms with E-state index in [9.17, 15) is 14.4 Å². The van der Waals surface area contributed by atoms with E-state index in [-0.39, 0.29) is 30.3 Å². The Bertz CT molecular complexity index is 1850. The second kappa shape index (κ2) is 13.3. The zero-order chi connectivity index (χ0) is 32.2. The second-order valence-electron chi connectivity index (χ2n) is 11.5. The fourth-order valence-corrected chi connectivity index (χ4v) is 5.31. The molecule has 0 saturated carbocycles. The Hall–Kier alpha value is -4.66. The maximum atomic E-state index is 14.0. The molecule has 12 heteroatoms. The van der Waals surface area contributed by atoms with Crippen molar-refractivity contribution in [3.63, 3.8) is 0 Å². The molecule has 234 valence electrons. The number of piperidine rings is 1. The first kappa shape index (κ1) is 32.3. The predicted octanol–water partition coefficient (Wildman–Crippen LogP) is 3.74. The van der Waals surface area contributed by atoms with E-state index >= 15 is 0 Å². The largest absolute Gasteiger partial charge is 0.444 e. The minimum atomic E-state index is -0.605. The molecular weight excluding hydrogens is 560 g/mol. The van der Waals surface area contributed by atoms with Gasteiger partial charge in [-0.05, 0) is 53.5 Å². The first-order valence-electron chi connectivity index (χ1n) is 15.0. The number of fused-ring (bicyclic) bond motifs is 2. The molecule has 0 bridgehead atoms. The minimum absolute atomic E-state index is 0.0846. The Morgan fingerprint density at radius 3 is 2.55 bits per heavy atom. The average Bonchev–Trinajstić information content (AvgIpc) is 3.37. The molecule has 0 aliphatic carbocycles. The fourth-order valence-electron chi connectivity index (χ4n) is 5.31. The lowest BCUT2D eigenvalue weighted by atomic mass is 10.1. The predicted molar refractivity (Wildman–Crippen MR) is 172 cm³/mol. The van der Waals surface area contributed by atoms with E-state index in [2.05, 4.69) is 27.1 Å². The first-order valence-corrected chi connectivity index (χ1v) is 15.0. The van der Waals surface area contributed by atoms with Gasteiger partial charge in [0, 0.05) is 37.3 Å². The lowest BCUT2D eigenvalue weighted by molar-refractivity contribution is 0.0499. The number of aryl methyl sites for hydroxylation is 2. The van der Waals surface area contributed by atoms with E-state index in [4.69, 9.17) is 9.72 Å². The Balaban J connectivity index is 0.00000216. The summed E-state index contributed by atoms with van der Waals surface area (Å²) in [5.74, 6) is 6.83. The number of nitrogens with one attached hydrogen (secondary N) is 1. The summed E-state index contributed by atoms with van der Waals surface area (Å²) in [6.07, 6.45) is 1.10. The molecule has 4 aromatic rings. The van der Waals surface area contributed by atoms with Crippen LogP contribution in [0.1, 0.15) is 65.9 Å². The third-order valence-corrected chi connectivity index (χ3v) is 7.19. The number of alkyl carbamates (subject to hydrolysis) is 1. The highest BCUT2D eigenvalue weighted by atomic mass is 16.6. The number of aromatic nitrogens is 6. The minimum Gasteiger partial charge on any atom is -0.444 e. The van der Waals surface area contributed by atoms with Crippen LogP contribution >= 0.6 is 0 Å². The number of carbonyl (C=O) groups excluding carboxylic acids is 1. The molecule has 1 saturated heterocycles. The van der Waals surface area contributed by atoms with Crippen molar-refractivity contribution >= 4 is 34.1 Å². The zero-order valence-electron chi connectivity index (χ0n) is 26.9. The Labute approximate surface area is 257 Å². The zero-order valence-corrected chi connectivity index (χ0v) is 26.9. The van der Waals surface area contributed by atoms with Crippen molar-refractivity contribution in [3.8, 4) is 11.8 Å². The molecule has 1 atom stereocenters. The molecule has 0 radical (unpaired) electrons. The van der Waals surface area contributed by atoms with Gasteiger partial charge in [-0.3, -0.25) is 18.5 Å². The number of ether oxygens (including phenoxy) is 1. The van der Waals surface area contributed by atoms with Crippen molar-refractivity contribution in [1.82, 2.24) is 34.0 Å². The molecule has 1 aromatic carbocycles. The van der Waals surface area contributed by atoms with Crippen molar-refractivity contribution in [2.45, 2.75) is 86.0 Å². The van der Waals surface area contributed by atoms with E-state index in [0.717, 1.165) is 34.0 Å². The van der Waals surface area contributed by atoms with E-state index in [1.165, 1.54) is 4.57 Å². The van der Waals surface area contributed by atoms with Crippen LogP contribution in [0.15, 0.2) is 33.9 Å². The summed E-state index contributed by atoms with van der Waals surface area (Å²) in [4.78, 5) is 55.9. The third-order valence-electron chi connectivity index (χ3n) is 7.19. The van der Waals surface area contributed by atoms with Gasteiger partial charge >= 0.3 is 11.8 Å². The number of carbonyl (C=O) groups is 1. The van der Waals surface area contributed by atoms with Crippen molar-refractivity contribution in [2.75, 3.05) is 18.0 Å². The van der Waals surface area contributed by atoms with Crippen molar-refractivity contribution in [3.05, 3.63) is 56.6 Å². The van der Waals surface area contributed by atoms with E-state index in [1.54, 1.807) is 18.5 Å². The topological polar surface area (TPSA) is 129 Å². The highest BCUT2D eigenvalue weighted by Crippen LogP contribution is 2.24. The number of amides is 1. The molecule has 0 spiro atoms. The maximum absolute atomic E-state index is 14.0. The van der Waals surface area contributed by atoms with Crippen molar-refractivity contribution < 1.29 is 9.53 Å². The standard InChI is InChI=1S/C30H36N8O4.C2H6/c1-7-8-16-37-24-25(34-27(37)36-15-11-12-20(17-36)32-28(40)42-30(3,4)5)35(6)29(41)38(26(24)39)18-23-31-19(2)21-13-9-10-14-22(21)33-23;1-2/h9-10,13-14,20H,11-12,15-18H2,1-6H3,(H,32,40);1-2H3/t20-;/m1./s1. The summed E-state index contributed by atoms with van der Waals surface area (Å²) >= 11 is 0. The normalized spacial score (nSPS) is 14.9. The number of benzene rings is 1. The van der Waals surface area contributed by atoms with E-state index in [0.29, 0.717) is 24.9 Å². The summed E-state index contributed by atoms with van der Waals surface area (Å²) in [5.41, 5.74) is 0.457.